The van der Waals surface area contributed by atoms with Gasteiger partial charge in [0, 0.05) is 24.0 Å². The van der Waals surface area contributed by atoms with Gasteiger partial charge in [-0.1, -0.05) is 0 Å². The number of carboxylic acid groups (broad SMARTS) is 1. The van der Waals surface area contributed by atoms with Crippen LogP contribution >= 0.6 is 11.3 Å². The fraction of sp³-hybridized carbons (Fsp3) is 0.421. The summed E-state index contributed by atoms with van der Waals surface area (Å²) in [5.41, 5.74) is 0.407. The van der Waals surface area contributed by atoms with Gasteiger partial charge in [0.2, 0.25) is 0 Å². The Morgan fingerprint density at radius 2 is 2.00 bits per heavy atom. The van der Waals surface area contributed by atoms with Crippen molar-refractivity contribution in [1.82, 2.24) is 9.88 Å². The van der Waals surface area contributed by atoms with Gasteiger partial charge in [-0.2, -0.15) is 0 Å². The Labute approximate surface area is 156 Å². The number of benzene rings is 1. The maximum atomic E-state index is 12.6. The Kier molecular flexibility index (Phi) is 5.00. The largest absolute Gasteiger partial charge is 0.491 e. The molecule has 138 valence electrons. The highest BCUT2D eigenvalue weighted by molar-refractivity contribution is 7.13. The molecular weight excluding hydrogens is 352 g/mol. The Hall–Kier alpha value is -2.41. The predicted molar refractivity (Wildman–Crippen MR) is 99.6 cm³/mol. The van der Waals surface area contributed by atoms with E-state index in [0.29, 0.717) is 18.7 Å². The highest BCUT2D eigenvalue weighted by Gasteiger charge is 2.42. The summed E-state index contributed by atoms with van der Waals surface area (Å²) in [4.78, 5) is 30.0. The van der Waals surface area contributed by atoms with Crippen molar-refractivity contribution in [3.8, 4) is 16.3 Å². The van der Waals surface area contributed by atoms with Crippen LogP contribution in [-0.2, 0) is 4.79 Å². The zero-order valence-electron chi connectivity index (χ0n) is 15.1. The Morgan fingerprint density at radius 1 is 1.31 bits per heavy atom. The van der Waals surface area contributed by atoms with Crippen molar-refractivity contribution in [1.29, 1.82) is 0 Å². The first-order valence-electron chi connectivity index (χ1n) is 8.54. The molecular formula is C19H22N2O4S. The smallest absolute Gasteiger partial charge is 0.311 e. The molecule has 0 bridgehead atoms. The third kappa shape index (κ3) is 3.72. The van der Waals surface area contributed by atoms with Crippen LogP contribution in [0.2, 0.25) is 0 Å². The van der Waals surface area contributed by atoms with E-state index in [9.17, 15) is 14.7 Å². The van der Waals surface area contributed by atoms with E-state index >= 15 is 0 Å². The average molecular weight is 374 g/mol. The highest BCUT2D eigenvalue weighted by atomic mass is 32.1. The number of likely N-dealkylation sites (tertiary alicyclic amines) is 1. The molecule has 1 fully saturated rings. The number of ether oxygens (including phenoxy) is 1. The van der Waals surface area contributed by atoms with Crippen LogP contribution in [-0.4, -0.2) is 46.1 Å². The molecule has 1 N–H and O–H groups in total. The number of carboxylic acids is 1. The summed E-state index contributed by atoms with van der Waals surface area (Å²) in [5.74, 6) is -0.283. The maximum Gasteiger partial charge on any atom is 0.311 e. The van der Waals surface area contributed by atoms with Crippen LogP contribution in [0.1, 0.15) is 37.7 Å². The normalized spacial score (nSPS) is 19.8. The number of nitrogens with zero attached hydrogens (tertiary/aromatic N) is 2. The molecule has 26 heavy (non-hydrogen) atoms. The van der Waals surface area contributed by atoms with Crippen molar-refractivity contribution in [2.45, 2.75) is 33.3 Å². The molecule has 1 aliphatic rings. The van der Waals surface area contributed by atoms with Crippen molar-refractivity contribution in [3.63, 3.8) is 0 Å². The molecule has 3 rings (SSSR count). The zero-order chi connectivity index (χ0) is 18.9. The summed E-state index contributed by atoms with van der Waals surface area (Å²) in [5, 5.41) is 11.8. The molecule has 2 aromatic rings. The first-order valence-corrected chi connectivity index (χ1v) is 9.42. The molecule has 0 spiro atoms. The van der Waals surface area contributed by atoms with Gasteiger partial charge in [-0.15, -0.1) is 11.3 Å². The number of aliphatic carboxylic acids is 1. The van der Waals surface area contributed by atoms with E-state index in [1.807, 2.05) is 38.1 Å². The maximum absolute atomic E-state index is 12.6. The van der Waals surface area contributed by atoms with Crippen molar-refractivity contribution >= 4 is 23.2 Å². The van der Waals surface area contributed by atoms with E-state index < -0.39 is 11.4 Å². The number of hydrogen-bond acceptors (Lipinski definition) is 5. The van der Waals surface area contributed by atoms with Gasteiger partial charge in [-0.05, 0) is 51.5 Å². The fourth-order valence-electron chi connectivity index (χ4n) is 2.92. The van der Waals surface area contributed by atoms with Gasteiger partial charge < -0.3 is 14.7 Å². The predicted octanol–water partition coefficient (Wildman–Crippen LogP) is 3.53. The van der Waals surface area contributed by atoms with Gasteiger partial charge in [0.25, 0.3) is 5.91 Å². The van der Waals surface area contributed by atoms with E-state index in [-0.39, 0.29) is 18.6 Å². The minimum Gasteiger partial charge on any atom is -0.491 e. The second-order valence-electron chi connectivity index (χ2n) is 7.07. The number of thiazole rings is 1. The van der Waals surface area contributed by atoms with Crippen LogP contribution in [0.3, 0.4) is 0 Å². The van der Waals surface area contributed by atoms with Gasteiger partial charge >= 0.3 is 5.97 Å². The number of carbonyl (C=O) groups is 2. The monoisotopic (exact) mass is 374 g/mol. The SMILES string of the molecule is CC(C)Oc1ccc(-c2nc(C(=O)N3CCC(C)(C(=O)O)C3)cs2)cc1. The molecule has 0 radical (unpaired) electrons. The molecule has 7 heteroatoms. The zero-order valence-corrected chi connectivity index (χ0v) is 15.9. The molecule has 1 amide bonds. The third-order valence-electron chi connectivity index (χ3n) is 4.47. The summed E-state index contributed by atoms with van der Waals surface area (Å²) in [7, 11) is 0. The van der Waals surface area contributed by atoms with E-state index in [1.54, 1.807) is 17.2 Å². The second kappa shape index (κ2) is 7.07. The molecule has 1 aliphatic heterocycles. The van der Waals surface area contributed by atoms with Gasteiger partial charge in [0.05, 0.1) is 11.5 Å². The first-order chi connectivity index (χ1) is 12.3. The van der Waals surface area contributed by atoms with E-state index in [2.05, 4.69) is 4.98 Å². The molecule has 6 nitrogen and oxygen atoms in total. The molecule has 1 aromatic heterocycles. The van der Waals surface area contributed by atoms with Crippen LogP contribution in [0.15, 0.2) is 29.6 Å². The highest BCUT2D eigenvalue weighted by Crippen LogP contribution is 2.32. The van der Waals surface area contributed by atoms with Crippen LogP contribution in [0.5, 0.6) is 5.75 Å². The lowest BCUT2D eigenvalue weighted by molar-refractivity contribution is -0.147. The third-order valence-corrected chi connectivity index (χ3v) is 5.36. The Morgan fingerprint density at radius 3 is 2.58 bits per heavy atom. The van der Waals surface area contributed by atoms with Crippen LogP contribution in [0.25, 0.3) is 10.6 Å². The number of amides is 1. The van der Waals surface area contributed by atoms with Crippen molar-refractivity contribution in [2.75, 3.05) is 13.1 Å². The van der Waals surface area contributed by atoms with Crippen molar-refractivity contribution < 1.29 is 19.4 Å². The molecule has 1 unspecified atom stereocenters. The standard InChI is InChI=1S/C19H22N2O4S/c1-12(2)25-14-6-4-13(5-7-14)16-20-15(10-26-16)17(22)21-9-8-19(3,11-21)18(23)24/h4-7,10,12H,8-9,11H2,1-3H3,(H,23,24). The van der Waals surface area contributed by atoms with Gasteiger partial charge in [0.1, 0.15) is 16.5 Å². The molecule has 1 saturated heterocycles. The fourth-order valence-corrected chi connectivity index (χ4v) is 3.72. The molecule has 2 heterocycles. The molecule has 0 aliphatic carbocycles. The van der Waals surface area contributed by atoms with Gasteiger partial charge in [0.15, 0.2) is 0 Å². The first kappa shape index (κ1) is 18.4. The second-order valence-corrected chi connectivity index (χ2v) is 7.93. The quantitative estimate of drug-likeness (QED) is 0.866. The average Bonchev–Trinajstić information content (AvgIpc) is 3.22. The minimum atomic E-state index is -0.874. The number of hydrogen-bond donors (Lipinski definition) is 1. The summed E-state index contributed by atoms with van der Waals surface area (Å²) in [6.07, 6.45) is 0.574. The molecule has 1 atom stereocenters. The topological polar surface area (TPSA) is 79.7 Å². The van der Waals surface area contributed by atoms with Gasteiger partial charge in [-0.3, -0.25) is 9.59 Å². The summed E-state index contributed by atoms with van der Waals surface area (Å²) < 4.78 is 5.63. The van der Waals surface area contributed by atoms with E-state index in [1.165, 1.54) is 11.3 Å². The molecule has 0 saturated carbocycles. The summed E-state index contributed by atoms with van der Waals surface area (Å²) >= 11 is 1.40. The lowest BCUT2D eigenvalue weighted by Crippen LogP contribution is -2.35. The van der Waals surface area contributed by atoms with Crippen molar-refractivity contribution in [3.05, 3.63) is 35.3 Å². The lowest BCUT2D eigenvalue weighted by Gasteiger charge is -2.19. The van der Waals surface area contributed by atoms with Crippen LogP contribution in [0, 0.1) is 5.41 Å². The minimum absolute atomic E-state index is 0.113. The number of carbonyl (C=O) groups excluding carboxylic acids is 1. The van der Waals surface area contributed by atoms with Crippen LogP contribution < -0.4 is 4.74 Å². The summed E-state index contributed by atoms with van der Waals surface area (Å²) in [6.45, 7) is 6.28. The Bertz CT molecular complexity index is 815. The van der Waals surface area contributed by atoms with Gasteiger partial charge in [-0.25, -0.2) is 4.98 Å². The Balaban J connectivity index is 1.72. The van der Waals surface area contributed by atoms with Crippen LogP contribution in [0.4, 0.5) is 0 Å². The lowest BCUT2D eigenvalue weighted by atomic mass is 9.90. The van der Waals surface area contributed by atoms with Crippen molar-refractivity contribution in [2.24, 2.45) is 5.41 Å². The van der Waals surface area contributed by atoms with E-state index in [4.69, 9.17) is 4.74 Å². The van der Waals surface area contributed by atoms with E-state index in [0.717, 1.165) is 16.3 Å². The number of rotatable bonds is 5. The molecule has 1 aromatic carbocycles. The number of aromatic nitrogens is 1. The summed E-state index contributed by atoms with van der Waals surface area (Å²) in [6, 6.07) is 7.61.